The van der Waals surface area contributed by atoms with Gasteiger partial charge < -0.3 is 0 Å². The first-order chi connectivity index (χ1) is 66.4. The van der Waals surface area contributed by atoms with Crippen molar-refractivity contribution in [2.45, 2.75) is 6.92 Å². The Morgan fingerprint density at radius 2 is 0.0977 bits per heavy atom. The highest BCUT2D eigenvalue weighted by atomic mass is 13.8. The fraction of sp³-hybridized carbons (Fsp3) is 0.00752. The van der Waals surface area contributed by atoms with Crippen molar-refractivity contribution in [3.05, 3.63) is 803 Å². The smallest absolute Gasteiger partial charge is 0.0467 e. The van der Waals surface area contributed by atoms with Crippen molar-refractivity contribution < 1.29 is 0 Å². The molecule has 0 aliphatic rings. The van der Waals surface area contributed by atoms with E-state index in [1.165, 1.54) is 0 Å². The van der Waals surface area contributed by atoms with Crippen LogP contribution in [-0.2, 0) is 0 Å². The minimum Gasteiger partial charge on any atom is -0.0991 e. The fourth-order valence-electron chi connectivity index (χ4n) is 8.34. The Morgan fingerprint density at radius 3 is 0.135 bits per heavy atom. The van der Waals surface area contributed by atoms with Crippen molar-refractivity contribution in [3.63, 3.8) is 0 Å². The molecule has 0 aromatic carbocycles. The van der Waals surface area contributed by atoms with Gasteiger partial charge in [0.05, 0.1) is 0 Å². The molecule has 0 heteroatoms. The van der Waals surface area contributed by atoms with E-state index in [4.69, 9.17) is 0 Å². The van der Waals surface area contributed by atoms with Crippen LogP contribution in [-0.4, -0.2) is 0 Å². The quantitative estimate of drug-likeness (QED) is 0.0533. The third-order valence-electron chi connectivity index (χ3n) is 14.6. The first-order valence-electron chi connectivity index (χ1n) is 44.3. The molecule has 0 aliphatic carbocycles. The van der Waals surface area contributed by atoms with Crippen LogP contribution >= 0.6 is 0 Å². The van der Waals surface area contributed by atoms with Crippen LogP contribution in [0.15, 0.2) is 803 Å². The monoisotopic (exact) mass is 1730 g/mol. The normalized spacial score (nSPS) is 15.7. The van der Waals surface area contributed by atoms with Gasteiger partial charge in [-0.05, 0) is 6.92 Å². The van der Waals surface area contributed by atoms with Crippen LogP contribution in [0.25, 0.3) is 0 Å². The lowest BCUT2D eigenvalue weighted by atomic mass is 10.3. The lowest BCUT2D eigenvalue weighted by molar-refractivity contribution is 1.73. The maximum absolute atomic E-state index is 3.64. The topological polar surface area (TPSA) is 0 Å². The van der Waals surface area contributed by atoms with E-state index in [1.54, 1.807) is 6.08 Å². The molecular formula is C133H136. The summed E-state index contributed by atoms with van der Waals surface area (Å²) in [5.41, 5.74) is 0. The molecule has 0 aromatic rings. The highest BCUT2D eigenvalue weighted by Crippen LogP contribution is 1.99. The first kappa shape index (κ1) is 116. The summed E-state index contributed by atoms with van der Waals surface area (Å²) < 4.78 is 0. The third kappa shape index (κ3) is 115. The molecule has 0 radical (unpaired) electrons. The molecule has 133 heavy (non-hydrogen) atoms. The van der Waals surface area contributed by atoms with Crippen LogP contribution in [0, 0.1) is 0 Å². The van der Waals surface area contributed by atoms with Crippen molar-refractivity contribution in [3.8, 4) is 0 Å². The van der Waals surface area contributed by atoms with E-state index in [9.17, 15) is 0 Å². The molecule has 0 bridgehead atoms. The lowest BCUT2D eigenvalue weighted by Gasteiger charge is -1.77. The Labute approximate surface area is 803 Å². The van der Waals surface area contributed by atoms with Crippen molar-refractivity contribution in [1.82, 2.24) is 0 Å². The molecule has 0 atom stereocenters. The van der Waals surface area contributed by atoms with Gasteiger partial charge in [-0.25, -0.2) is 0 Å². The zero-order chi connectivity index (χ0) is 94.6. The Morgan fingerprint density at radius 1 is 0.0602 bits per heavy atom. The SMILES string of the molecule is C=CC=CC=CC=CC=CC=CC=CC=CC=CC=CC=CC=CC=CC=CC=CC=CC=CC=CC=CC=CC=CC=CC=CC=CC=CC=CC=CC=CC=CC=CC=CC=CC=CC=CC=CC=CC=CC=CC=CC=CC=CC=CC=CC=CC=CC=CC=CC=CC=CC=CC=CC=CC=CC=CC=CC=CC=CC=CC=CC=CC=CC=CC=CC=CC=CC=CC. The van der Waals surface area contributed by atoms with Crippen molar-refractivity contribution >= 4 is 0 Å². The van der Waals surface area contributed by atoms with E-state index in [1.807, 2.05) is 797 Å². The molecule has 0 saturated carbocycles. The Bertz CT molecular complexity index is 4820. The van der Waals surface area contributed by atoms with E-state index < -0.39 is 0 Å². The Balaban J connectivity index is 4.14. The number of hydrogen-bond acceptors (Lipinski definition) is 0. The summed E-state index contributed by atoms with van der Waals surface area (Å²) in [6, 6.07) is 0. The molecule has 0 aliphatic heterocycles. The molecular weight excluding hydrogens is 1600 g/mol. The minimum absolute atomic E-state index is 1.75. The summed E-state index contributed by atoms with van der Waals surface area (Å²) in [4.78, 5) is 0. The molecule has 0 nitrogen and oxygen atoms in total. The van der Waals surface area contributed by atoms with Crippen LogP contribution in [0.4, 0.5) is 0 Å². The molecule has 0 fully saturated rings. The molecule has 668 valence electrons. The second-order valence-electron chi connectivity index (χ2n) is 25.4. The van der Waals surface area contributed by atoms with Crippen molar-refractivity contribution in [1.29, 1.82) is 0 Å². The van der Waals surface area contributed by atoms with Gasteiger partial charge in [-0.15, -0.1) is 0 Å². The van der Waals surface area contributed by atoms with Crippen LogP contribution in [0.2, 0.25) is 0 Å². The van der Waals surface area contributed by atoms with Crippen LogP contribution in [0.3, 0.4) is 0 Å². The number of rotatable bonds is 65. The largest absolute Gasteiger partial charge is 0.0991 e. The standard InChI is InChI=1S/C133H136/c1-3-5-7-9-11-13-15-17-19-21-23-25-27-29-31-33-35-37-39-41-43-45-47-49-51-53-55-57-59-61-63-65-67-69-71-73-75-77-79-81-83-85-87-89-91-93-95-97-99-101-103-105-107-109-111-113-115-117-119-121-123-125-127-129-131-133-132-130-128-126-124-122-120-118-116-114-112-110-108-106-104-102-100-98-96-94-92-90-88-86-84-82-80-78-76-74-72-70-68-66-64-62-60-58-56-54-52-50-48-46-44-42-40-38-36-34-32-30-28-26-24-22-20-18-16-14-12-10-8-6-4-2/h3-133H,1H2,2H3. The summed E-state index contributed by atoms with van der Waals surface area (Å²) >= 11 is 0. The summed E-state index contributed by atoms with van der Waals surface area (Å²) in [5.74, 6) is 0. The van der Waals surface area contributed by atoms with Gasteiger partial charge in [0.15, 0.2) is 0 Å². The van der Waals surface area contributed by atoms with Gasteiger partial charge in [-0.3, -0.25) is 0 Å². The maximum Gasteiger partial charge on any atom is -0.0467 e. The van der Waals surface area contributed by atoms with E-state index in [2.05, 4.69) is 6.58 Å². The predicted molar refractivity (Wildman–Crippen MR) is 610 cm³/mol. The maximum atomic E-state index is 3.64. The van der Waals surface area contributed by atoms with Gasteiger partial charge >= 0.3 is 0 Å². The van der Waals surface area contributed by atoms with Crippen LogP contribution < -0.4 is 0 Å². The second-order valence-corrected chi connectivity index (χ2v) is 25.4. The zero-order valence-corrected chi connectivity index (χ0v) is 77.3. The summed E-state index contributed by atoms with van der Waals surface area (Å²) in [6.45, 7) is 5.64. The summed E-state index contributed by atoms with van der Waals surface area (Å²) in [7, 11) is 0. The number of hydrogen-bond donors (Lipinski definition) is 0. The van der Waals surface area contributed by atoms with Crippen LogP contribution in [0.1, 0.15) is 6.92 Å². The minimum atomic E-state index is 1.75. The van der Waals surface area contributed by atoms with Gasteiger partial charge in [-0.1, -0.05) is 803 Å². The third-order valence-corrected chi connectivity index (χ3v) is 14.6. The average molecular weight is 1730 g/mol. The van der Waals surface area contributed by atoms with E-state index >= 15 is 0 Å². The van der Waals surface area contributed by atoms with Crippen molar-refractivity contribution in [2.24, 2.45) is 0 Å². The molecule has 0 amide bonds. The van der Waals surface area contributed by atoms with Gasteiger partial charge in [0.1, 0.15) is 0 Å². The van der Waals surface area contributed by atoms with Gasteiger partial charge in [0, 0.05) is 0 Å². The van der Waals surface area contributed by atoms with E-state index in [0.29, 0.717) is 0 Å². The molecule has 0 heterocycles. The highest BCUT2D eigenvalue weighted by molar-refractivity contribution is 5.35. The van der Waals surface area contributed by atoms with Gasteiger partial charge in [0.2, 0.25) is 0 Å². The van der Waals surface area contributed by atoms with Gasteiger partial charge in [0.25, 0.3) is 0 Å². The van der Waals surface area contributed by atoms with E-state index in [0.717, 1.165) is 0 Å². The number of allylic oxidation sites excluding steroid dienone is 131. The average Bonchev–Trinajstić information content (AvgIpc) is 1.11. The fourth-order valence-corrected chi connectivity index (χ4v) is 8.34. The Kier molecular flexibility index (Phi) is 100. The second kappa shape index (κ2) is 115. The molecule has 0 unspecified atom stereocenters. The highest BCUT2D eigenvalue weighted by Gasteiger charge is 1.77. The first-order valence-corrected chi connectivity index (χ1v) is 44.3. The van der Waals surface area contributed by atoms with Crippen molar-refractivity contribution in [2.75, 3.05) is 0 Å². The summed E-state index contributed by atoms with van der Waals surface area (Å²) in [6.07, 6.45) is 261. The Hall–Kier alpha value is -17.2. The molecule has 0 rings (SSSR count). The molecule has 0 spiro atoms. The molecule has 0 aromatic heterocycles. The zero-order valence-electron chi connectivity index (χ0n) is 77.3. The van der Waals surface area contributed by atoms with Crippen LogP contribution in [0.5, 0.6) is 0 Å². The predicted octanol–water partition coefficient (Wildman–Crippen LogP) is 37.3. The van der Waals surface area contributed by atoms with Gasteiger partial charge in [-0.2, -0.15) is 0 Å². The summed E-state index contributed by atoms with van der Waals surface area (Å²) in [5, 5.41) is 0. The lowest BCUT2D eigenvalue weighted by Crippen LogP contribution is -1.55. The van der Waals surface area contributed by atoms with E-state index in [-0.39, 0.29) is 0 Å². The molecule has 0 N–H and O–H groups in total. The molecule has 0 saturated heterocycles.